The Bertz CT molecular complexity index is 893. The van der Waals surface area contributed by atoms with Crippen LogP contribution in [0.2, 0.25) is 0 Å². The molecule has 186 valence electrons. The second kappa shape index (κ2) is 14.5. The highest BCUT2D eigenvalue weighted by Gasteiger charge is 2.15. The van der Waals surface area contributed by atoms with Gasteiger partial charge in [-0.2, -0.15) is 0 Å². The number of aliphatic carboxylic acids is 1. The third-order valence-electron chi connectivity index (χ3n) is 5.27. The number of nitrogens with zero attached hydrogens (tertiary/aromatic N) is 1. The zero-order valence-electron chi connectivity index (χ0n) is 21.4. The van der Waals surface area contributed by atoms with Gasteiger partial charge in [0, 0.05) is 31.5 Å². The number of carboxylic acids is 1. The van der Waals surface area contributed by atoms with E-state index in [0.717, 1.165) is 60.7 Å². The maximum absolute atomic E-state index is 11.2. The van der Waals surface area contributed by atoms with Crippen molar-refractivity contribution in [2.75, 3.05) is 37.8 Å². The Labute approximate surface area is 205 Å². The van der Waals surface area contributed by atoms with E-state index in [4.69, 9.17) is 9.47 Å². The van der Waals surface area contributed by atoms with Gasteiger partial charge in [0.1, 0.15) is 12.4 Å². The summed E-state index contributed by atoms with van der Waals surface area (Å²) in [5.74, 6) is 0.861. The van der Waals surface area contributed by atoms with Crippen LogP contribution in [0.4, 0.5) is 5.69 Å². The van der Waals surface area contributed by atoms with E-state index in [9.17, 15) is 9.90 Å². The Kier molecular flexibility index (Phi) is 11.7. The van der Waals surface area contributed by atoms with Gasteiger partial charge in [-0.3, -0.25) is 0 Å². The predicted molar refractivity (Wildman–Crippen MR) is 142 cm³/mol. The van der Waals surface area contributed by atoms with Crippen LogP contribution in [0.1, 0.15) is 53.0 Å². The summed E-state index contributed by atoms with van der Waals surface area (Å²) in [5.41, 5.74) is 4.07. The third kappa shape index (κ3) is 9.60. The number of ether oxygens (including phenoxy) is 2. The molecule has 34 heavy (non-hydrogen) atoms. The van der Waals surface area contributed by atoms with E-state index in [1.54, 1.807) is 6.08 Å². The zero-order chi connectivity index (χ0) is 24.9. The number of hydrogen-bond donors (Lipinski definition) is 1. The van der Waals surface area contributed by atoms with E-state index >= 15 is 0 Å². The Morgan fingerprint density at radius 1 is 0.941 bits per heavy atom. The number of carboxylic acid groups (broad SMARTS) is 1. The molecule has 1 N–H and O–H groups in total. The number of anilines is 1. The molecule has 0 heterocycles. The molecule has 0 bridgehead atoms. The molecule has 0 spiro atoms. The largest absolute Gasteiger partial charge is 0.491 e. The summed E-state index contributed by atoms with van der Waals surface area (Å²) in [6.07, 6.45) is 5.12. The Morgan fingerprint density at radius 3 is 2.18 bits per heavy atom. The molecule has 0 atom stereocenters. The molecule has 0 amide bonds. The predicted octanol–water partition coefficient (Wildman–Crippen LogP) is 6.77. The number of carbonyl (C=O) groups is 1. The van der Waals surface area contributed by atoms with Gasteiger partial charge in [-0.1, -0.05) is 59.2 Å². The lowest BCUT2D eigenvalue weighted by Gasteiger charge is -2.30. The highest BCUT2D eigenvalue weighted by atomic mass is 16.5. The summed E-state index contributed by atoms with van der Waals surface area (Å²) in [7, 11) is 0. The molecule has 0 aliphatic rings. The second-order valence-corrected chi connectivity index (χ2v) is 9.48. The first-order valence-electron chi connectivity index (χ1n) is 12.4. The molecule has 0 saturated carbocycles. The van der Waals surface area contributed by atoms with Gasteiger partial charge in [-0.15, -0.1) is 0 Å². The van der Waals surface area contributed by atoms with E-state index in [2.05, 4.69) is 57.7 Å². The van der Waals surface area contributed by atoms with Crippen LogP contribution in [0.25, 0.3) is 17.2 Å². The second-order valence-electron chi connectivity index (χ2n) is 9.48. The summed E-state index contributed by atoms with van der Waals surface area (Å²) in [6, 6.07) is 14.3. The lowest BCUT2D eigenvalue weighted by atomic mass is 9.99. The average Bonchev–Trinajstić information content (AvgIpc) is 2.79. The maximum atomic E-state index is 11.2. The maximum Gasteiger partial charge on any atom is 0.328 e. The van der Waals surface area contributed by atoms with Crippen LogP contribution in [0.3, 0.4) is 0 Å². The lowest BCUT2D eigenvalue weighted by molar-refractivity contribution is -0.131. The summed E-state index contributed by atoms with van der Waals surface area (Å²) < 4.78 is 11.3. The fourth-order valence-electron chi connectivity index (χ4n) is 3.78. The van der Waals surface area contributed by atoms with Gasteiger partial charge in [0.15, 0.2) is 0 Å². The SMILES string of the molecule is CCCCOCCOc1ccc(-c2ccc(N(CC(C)C)CC(C)C)c(/C=C/C(=O)O)c2)cc1. The van der Waals surface area contributed by atoms with Crippen molar-refractivity contribution in [1.29, 1.82) is 0 Å². The standard InChI is InChI=1S/C29H41NO4/c1-6-7-16-33-17-18-34-27-12-8-24(9-13-27)25-10-14-28(26(19-25)11-15-29(31)32)30(20-22(2)3)21-23(4)5/h8-15,19,22-23H,6-7,16-18,20-21H2,1-5H3,(H,31,32)/b15-11+. The molecule has 2 aromatic carbocycles. The van der Waals surface area contributed by atoms with Gasteiger partial charge < -0.3 is 19.5 Å². The van der Waals surface area contributed by atoms with Crippen LogP contribution in [0, 0.1) is 11.8 Å². The average molecular weight is 468 g/mol. The summed E-state index contributed by atoms with van der Waals surface area (Å²) in [6.45, 7) is 14.7. The van der Waals surface area contributed by atoms with Gasteiger partial charge in [-0.05, 0) is 65.3 Å². The molecule has 0 saturated heterocycles. The van der Waals surface area contributed by atoms with Crippen molar-refractivity contribution in [3.05, 3.63) is 54.1 Å². The zero-order valence-corrected chi connectivity index (χ0v) is 21.4. The van der Waals surface area contributed by atoms with Gasteiger partial charge in [0.25, 0.3) is 0 Å². The normalized spacial score (nSPS) is 11.5. The molecular formula is C29H41NO4. The van der Waals surface area contributed by atoms with Crippen molar-refractivity contribution in [1.82, 2.24) is 0 Å². The van der Waals surface area contributed by atoms with Crippen LogP contribution in [-0.4, -0.2) is 44.0 Å². The minimum Gasteiger partial charge on any atom is -0.491 e. The molecular weight excluding hydrogens is 426 g/mol. The van der Waals surface area contributed by atoms with Crippen LogP contribution < -0.4 is 9.64 Å². The quantitative estimate of drug-likeness (QED) is 0.231. The summed E-state index contributed by atoms with van der Waals surface area (Å²) in [4.78, 5) is 13.6. The van der Waals surface area contributed by atoms with E-state index in [1.807, 2.05) is 24.3 Å². The molecule has 0 radical (unpaired) electrons. The fourth-order valence-corrected chi connectivity index (χ4v) is 3.78. The summed E-state index contributed by atoms with van der Waals surface area (Å²) in [5, 5.41) is 9.22. The summed E-state index contributed by atoms with van der Waals surface area (Å²) >= 11 is 0. The van der Waals surface area contributed by atoms with Gasteiger partial charge in [0.2, 0.25) is 0 Å². The van der Waals surface area contributed by atoms with Crippen LogP contribution in [0.5, 0.6) is 5.75 Å². The molecule has 0 fully saturated rings. The molecule has 2 aromatic rings. The molecule has 5 nitrogen and oxygen atoms in total. The topological polar surface area (TPSA) is 59.0 Å². The van der Waals surface area contributed by atoms with E-state index in [-0.39, 0.29) is 0 Å². The van der Waals surface area contributed by atoms with Crippen LogP contribution in [0.15, 0.2) is 48.5 Å². The van der Waals surface area contributed by atoms with Crippen molar-refractivity contribution in [3.63, 3.8) is 0 Å². The molecule has 0 aliphatic heterocycles. The van der Waals surface area contributed by atoms with E-state index < -0.39 is 5.97 Å². The number of benzene rings is 2. The molecule has 0 aromatic heterocycles. The highest BCUT2D eigenvalue weighted by molar-refractivity contribution is 5.88. The Morgan fingerprint density at radius 2 is 1.59 bits per heavy atom. The Balaban J connectivity index is 2.22. The molecule has 0 unspecified atom stereocenters. The monoisotopic (exact) mass is 467 g/mol. The minimum absolute atomic E-state index is 0.499. The molecule has 0 aliphatic carbocycles. The van der Waals surface area contributed by atoms with Crippen molar-refractivity contribution in [2.45, 2.75) is 47.5 Å². The first kappa shape index (κ1) is 27.5. The van der Waals surface area contributed by atoms with Crippen LogP contribution in [-0.2, 0) is 9.53 Å². The van der Waals surface area contributed by atoms with Gasteiger partial charge in [-0.25, -0.2) is 4.79 Å². The van der Waals surface area contributed by atoms with Crippen molar-refractivity contribution in [3.8, 4) is 16.9 Å². The fraction of sp³-hybridized carbons (Fsp3) is 0.483. The highest BCUT2D eigenvalue weighted by Crippen LogP contribution is 2.31. The molecule has 5 heteroatoms. The van der Waals surface area contributed by atoms with Crippen LogP contribution >= 0.6 is 0 Å². The minimum atomic E-state index is -0.948. The molecule has 2 rings (SSSR count). The van der Waals surface area contributed by atoms with Crippen molar-refractivity contribution < 1.29 is 19.4 Å². The first-order chi connectivity index (χ1) is 16.3. The van der Waals surface area contributed by atoms with Gasteiger partial charge >= 0.3 is 5.97 Å². The van der Waals surface area contributed by atoms with E-state index in [0.29, 0.717) is 25.0 Å². The number of unbranched alkanes of at least 4 members (excludes halogenated alkanes) is 1. The number of hydrogen-bond acceptors (Lipinski definition) is 4. The smallest absolute Gasteiger partial charge is 0.328 e. The third-order valence-corrected chi connectivity index (χ3v) is 5.27. The van der Waals surface area contributed by atoms with Crippen molar-refractivity contribution >= 4 is 17.7 Å². The van der Waals surface area contributed by atoms with Gasteiger partial charge in [0.05, 0.1) is 6.61 Å². The van der Waals surface area contributed by atoms with E-state index in [1.165, 1.54) is 6.08 Å². The first-order valence-corrected chi connectivity index (χ1v) is 12.4. The number of rotatable bonds is 15. The van der Waals surface area contributed by atoms with Crippen molar-refractivity contribution in [2.24, 2.45) is 11.8 Å². The lowest BCUT2D eigenvalue weighted by Crippen LogP contribution is -2.31. The Hall–Kier alpha value is -2.79.